The SMILES string of the molecule is Cc1ccc(-c2nc(CN3CCOC(CN(C)C)C3)co2)c(C)c1. The normalized spacial score (nSPS) is 19.1. The maximum Gasteiger partial charge on any atom is 0.226 e. The lowest BCUT2D eigenvalue weighted by atomic mass is 10.1. The molecule has 5 heteroatoms. The van der Waals surface area contributed by atoms with Crippen molar-refractivity contribution in [2.24, 2.45) is 0 Å². The number of morpholine rings is 1. The van der Waals surface area contributed by atoms with Crippen LogP contribution in [0.5, 0.6) is 0 Å². The smallest absolute Gasteiger partial charge is 0.226 e. The fraction of sp³-hybridized carbons (Fsp3) is 0.526. The van der Waals surface area contributed by atoms with Crippen molar-refractivity contribution in [3.63, 3.8) is 0 Å². The monoisotopic (exact) mass is 329 g/mol. The molecule has 5 nitrogen and oxygen atoms in total. The third-order valence-electron chi connectivity index (χ3n) is 4.34. The molecule has 130 valence electrons. The lowest BCUT2D eigenvalue weighted by Gasteiger charge is -2.33. The number of benzene rings is 1. The van der Waals surface area contributed by atoms with Gasteiger partial charge in [-0.3, -0.25) is 4.90 Å². The Hall–Kier alpha value is -1.69. The predicted octanol–water partition coefficient (Wildman–Crippen LogP) is 2.72. The highest BCUT2D eigenvalue weighted by molar-refractivity contribution is 5.59. The molecule has 1 unspecified atom stereocenters. The van der Waals surface area contributed by atoms with E-state index >= 15 is 0 Å². The zero-order chi connectivity index (χ0) is 17.1. The summed E-state index contributed by atoms with van der Waals surface area (Å²) in [6, 6.07) is 6.34. The van der Waals surface area contributed by atoms with Crippen LogP contribution in [0.3, 0.4) is 0 Å². The Morgan fingerprint density at radius 2 is 2.12 bits per heavy atom. The first kappa shape index (κ1) is 17.1. The van der Waals surface area contributed by atoms with Gasteiger partial charge in [0.1, 0.15) is 6.26 Å². The molecule has 2 aromatic rings. The largest absolute Gasteiger partial charge is 0.444 e. The Bertz CT molecular complexity index is 681. The molecule has 0 aliphatic carbocycles. The molecule has 2 heterocycles. The number of ether oxygens (including phenoxy) is 1. The van der Waals surface area contributed by atoms with Gasteiger partial charge in [0.15, 0.2) is 0 Å². The Morgan fingerprint density at radius 3 is 2.88 bits per heavy atom. The molecule has 1 aromatic heterocycles. The third kappa shape index (κ3) is 4.23. The molecule has 0 N–H and O–H groups in total. The fourth-order valence-corrected chi connectivity index (χ4v) is 3.23. The number of aromatic nitrogens is 1. The second-order valence-corrected chi connectivity index (χ2v) is 6.95. The van der Waals surface area contributed by atoms with Crippen molar-refractivity contribution in [1.29, 1.82) is 0 Å². The summed E-state index contributed by atoms with van der Waals surface area (Å²) in [6.07, 6.45) is 2.05. The first-order valence-corrected chi connectivity index (χ1v) is 8.52. The van der Waals surface area contributed by atoms with E-state index in [0.29, 0.717) is 5.89 Å². The van der Waals surface area contributed by atoms with Crippen LogP contribution in [0.15, 0.2) is 28.9 Å². The number of likely N-dealkylation sites (N-methyl/N-ethyl adjacent to an activating group) is 1. The van der Waals surface area contributed by atoms with Crippen molar-refractivity contribution in [2.45, 2.75) is 26.5 Å². The highest BCUT2D eigenvalue weighted by Gasteiger charge is 2.22. The van der Waals surface area contributed by atoms with Gasteiger partial charge in [-0.2, -0.15) is 0 Å². The number of hydrogen-bond donors (Lipinski definition) is 0. The summed E-state index contributed by atoms with van der Waals surface area (Å²) in [6.45, 7) is 8.60. The van der Waals surface area contributed by atoms with Gasteiger partial charge in [0.2, 0.25) is 5.89 Å². The Morgan fingerprint density at radius 1 is 1.29 bits per heavy atom. The summed E-state index contributed by atoms with van der Waals surface area (Å²) in [5.41, 5.74) is 4.50. The van der Waals surface area contributed by atoms with E-state index in [2.05, 4.69) is 55.9 Å². The van der Waals surface area contributed by atoms with Gasteiger partial charge in [0, 0.05) is 31.7 Å². The van der Waals surface area contributed by atoms with Crippen molar-refractivity contribution < 1.29 is 9.15 Å². The van der Waals surface area contributed by atoms with Crippen LogP contribution >= 0.6 is 0 Å². The Labute approximate surface area is 144 Å². The van der Waals surface area contributed by atoms with Crippen LogP contribution in [0.4, 0.5) is 0 Å². The summed E-state index contributed by atoms with van der Waals surface area (Å²) in [7, 11) is 4.16. The minimum atomic E-state index is 0.263. The van der Waals surface area contributed by atoms with Gasteiger partial charge in [0.05, 0.1) is 18.4 Å². The molecule has 24 heavy (non-hydrogen) atoms. The molecule has 1 saturated heterocycles. The zero-order valence-electron chi connectivity index (χ0n) is 15.1. The van der Waals surface area contributed by atoms with Crippen molar-refractivity contribution in [1.82, 2.24) is 14.8 Å². The van der Waals surface area contributed by atoms with E-state index in [-0.39, 0.29) is 6.10 Å². The first-order chi connectivity index (χ1) is 11.5. The van der Waals surface area contributed by atoms with Crippen molar-refractivity contribution >= 4 is 0 Å². The van der Waals surface area contributed by atoms with E-state index in [1.54, 1.807) is 6.26 Å². The average molecular weight is 329 g/mol. The molecule has 0 radical (unpaired) electrons. The minimum absolute atomic E-state index is 0.263. The molecule has 0 saturated carbocycles. The van der Waals surface area contributed by atoms with Gasteiger partial charge < -0.3 is 14.1 Å². The quantitative estimate of drug-likeness (QED) is 0.844. The minimum Gasteiger partial charge on any atom is -0.444 e. The lowest BCUT2D eigenvalue weighted by Crippen LogP contribution is -2.46. The average Bonchev–Trinajstić information content (AvgIpc) is 2.95. The molecule has 1 aromatic carbocycles. The zero-order valence-corrected chi connectivity index (χ0v) is 15.1. The molecular formula is C19H27N3O2. The van der Waals surface area contributed by atoms with Crippen LogP contribution in [0, 0.1) is 13.8 Å². The van der Waals surface area contributed by atoms with E-state index in [9.17, 15) is 0 Å². The van der Waals surface area contributed by atoms with E-state index in [1.807, 2.05) is 0 Å². The maximum atomic E-state index is 5.83. The van der Waals surface area contributed by atoms with Crippen molar-refractivity contribution in [2.75, 3.05) is 40.3 Å². The van der Waals surface area contributed by atoms with Crippen LogP contribution in [-0.4, -0.2) is 61.2 Å². The topological polar surface area (TPSA) is 41.7 Å². The summed E-state index contributed by atoms with van der Waals surface area (Å²) in [5, 5.41) is 0. The molecular weight excluding hydrogens is 302 g/mol. The molecule has 1 aliphatic rings. The summed E-state index contributed by atoms with van der Waals surface area (Å²) >= 11 is 0. The number of oxazole rings is 1. The van der Waals surface area contributed by atoms with Crippen molar-refractivity contribution in [3.05, 3.63) is 41.3 Å². The lowest BCUT2D eigenvalue weighted by molar-refractivity contribution is -0.0410. The number of rotatable bonds is 5. The predicted molar refractivity (Wildman–Crippen MR) is 95.0 cm³/mol. The highest BCUT2D eigenvalue weighted by atomic mass is 16.5. The maximum absolute atomic E-state index is 5.83. The van der Waals surface area contributed by atoms with Gasteiger partial charge in [-0.15, -0.1) is 0 Å². The van der Waals surface area contributed by atoms with Gasteiger partial charge >= 0.3 is 0 Å². The van der Waals surface area contributed by atoms with E-state index in [1.165, 1.54) is 11.1 Å². The summed E-state index contributed by atoms with van der Waals surface area (Å²) < 4.78 is 11.6. The molecule has 0 amide bonds. The number of hydrogen-bond acceptors (Lipinski definition) is 5. The molecule has 0 bridgehead atoms. The second kappa shape index (κ2) is 7.47. The second-order valence-electron chi connectivity index (χ2n) is 6.95. The van der Waals surface area contributed by atoms with E-state index in [4.69, 9.17) is 14.1 Å². The van der Waals surface area contributed by atoms with Crippen LogP contribution in [0.1, 0.15) is 16.8 Å². The first-order valence-electron chi connectivity index (χ1n) is 8.52. The fourth-order valence-electron chi connectivity index (χ4n) is 3.23. The molecule has 1 fully saturated rings. The van der Waals surface area contributed by atoms with Gasteiger partial charge in [0.25, 0.3) is 0 Å². The van der Waals surface area contributed by atoms with Crippen LogP contribution in [-0.2, 0) is 11.3 Å². The summed E-state index contributed by atoms with van der Waals surface area (Å²) in [5.74, 6) is 0.709. The summed E-state index contributed by atoms with van der Waals surface area (Å²) in [4.78, 5) is 9.25. The van der Waals surface area contributed by atoms with E-state index < -0.39 is 0 Å². The Balaban J connectivity index is 1.65. The van der Waals surface area contributed by atoms with Crippen LogP contribution in [0.25, 0.3) is 11.5 Å². The standard InChI is InChI=1S/C19H27N3O2/c1-14-5-6-18(15(2)9-14)19-20-16(13-24-19)10-22-7-8-23-17(12-22)11-21(3)4/h5-6,9,13,17H,7-8,10-12H2,1-4H3. The highest BCUT2D eigenvalue weighted by Crippen LogP contribution is 2.24. The van der Waals surface area contributed by atoms with Gasteiger partial charge in [-0.05, 0) is 39.6 Å². The molecule has 1 aliphatic heterocycles. The van der Waals surface area contributed by atoms with Crippen molar-refractivity contribution in [3.8, 4) is 11.5 Å². The third-order valence-corrected chi connectivity index (χ3v) is 4.34. The van der Waals surface area contributed by atoms with Gasteiger partial charge in [-0.1, -0.05) is 17.7 Å². The number of nitrogens with zero attached hydrogens (tertiary/aromatic N) is 3. The number of aryl methyl sites for hydroxylation is 2. The molecule has 3 rings (SSSR count). The van der Waals surface area contributed by atoms with Crippen LogP contribution in [0.2, 0.25) is 0 Å². The Kier molecular flexibility index (Phi) is 5.33. The van der Waals surface area contributed by atoms with E-state index in [0.717, 1.165) is 44.0 Å². The van der Waals surface area contributed by atoms with Crippen LogP contribution < -0.4 is 0 Å². The van der Waals surface area contributed by atoms with Gasteiger partial charge in [-0.25, -0.2) is 4.98 Å². The molecule has 0 spiro atoms. The molecule has 1 atom stereocenters.